The number of nitrogens with one attached hydrogen (secondary N) is 2. The number of rotatable bonds is 2. The number of urea groups is 1. The van der Waals surface area contributed by atoms with E-state index in [0.29, 0.717) is 18.0 Å². The van der Waals surface area contributed by atoms with Gasteiger partial charge in [-0.15, -0.1) is 0 Å². The van der Waals surface area contributed by atoms with E-state index in [-0.39, 0.29) is 18.5 Å². The van der Waals surface area contributed by atoms with E-state index in [4.69, 9.17) is 11.6 Å². The molecule has 2 N–H and O–H groups in total. The van der Waals surface area contributed by atoms with Crippen LogP contribution in [0.5, 0.6) is 0 Å². The molecule has 6 heteroatoms. The molecule has 2 heterocycles. The smallest absolute Gasteiger partial charge is 0.322 e. The van der Waals surface area contributed by atoms with Crippen LogP contribution >= 0.6 is 11.6 Å². The Balaban J connectivity index is 1.79. The van der Waals surface area contributed by atoms with Gasteiger partial charge >= 0.3 is 6.03 Å². The van der Waals surface area contributed by atoms with Gasteiger partial charge in [0.05, 0.1) is 6.54 Å². The summed E-state index contributed by atoms with van der Waals surface area (Å²) in [5, 5.41) is 6.56. The second-order valence-electron chi connectivity index (χ2n) is 4.96. The Hall–Kier alpha value is -1.59. The molecule has 2 aliphatic heterocycles. The molecule has 19 heavy (non-hydrogen) atoms. The molecule has 0 aliphatic carbocycles. The maximum absolute atomic E-state index is 12.4. The van der Waals surface area contributed by atoms with Gasteiger partial charge in [-0.1, -0.05) is 23.7 Å². The molecule has 2 aliphatic rings. The number of halogens is 1. The van der Waals surface area contributed by atoms with Crippen LogP contribution in [0.1, 0.15) is 12.0 Å². The number of benzene rings is 1. The third-order valence-corrected chi connectivity index (χ3v) is 3.91. The lowest BCUT2D eigenvalue weighted by Crippen LogP contribution is -2.48. The molecule has 100 valence electrons. The van der Waals surface area contributed by atoms with Crippen molar-refractivity contribution in [1.29, 1.82) is 0 Å². The lowest BCUT2D eigenvalue weighted by atomic mass is 9.99. The highest BCUT2D eigenvalue weighted by molar-refractivity contribution is 6.30. The van der Waals surface area contributed by atoms with Crippen LogP contribution < -0.4 is 10.6 Å². The molecule has 1 spiro atoms. The van der Waals surface area contributed by atoms with Gasteiger partial charge in [0.2, 0.25) is 0 Å². The summed E-state index contributed by atoms with van der Waals surface area (Å²) in [4.78, 5) is 25.6. The third kappa shape index (κ3) is 2.09. The van der Waals surface area contributed by atoms with E-state index < -0.39 is 5.54 Å². The normalized spacial score (nSPS) is 26.3. The van der Waals surface area contributed by atoms with Crippen molar-refractivity contribution in [3.05, 3.63) is 34.9 Å². The zero-order chi connectivity index (χ0) is 13.5. The zero-order valence-corrected chi connectivity index (χ0v) is 11.0. The van der Waals surface area contributed by atoms with Crippen LogP contribution in [-0.4, -0.2) is 35.5 Å². The fourth-order valence-corrected chi connectivity index (χ4v) is 2.70. The van der Waals surface area contributed by atoms with Crippen LogP contribution in [0.2, 0.25) is 5.02 Å². The number of imide groups is 1. The highest BCUT2D eigenvalue weighted by Gasteiger charge is 2.52. The Morgan fingerprint density at radius 2 is 2.00 bits per heavy atom. The van der Waals surface area contributed by atoms with Crippen LogP contribution in [0.25, 0.3) is 0 Å². The molecule has 1 atom stereocenters. The predicted octanol–water partition coefficient (Wildman–Crippen LogP) is 1.12. The van der Waals surface area contributed by atoms with Crippen LogP contribution in [0.4, 0.5) is 4.79 Å². The summed E-state index contributed by atoms with van der Waals surface area (Å²) >= 11 is 5.82. The quantitative estimate of drug-likeness (QED) is 0.798. The van der Waals surface area contributed by atoms with E-state index in [1.165, 1.54) is 4.90 Å². The number of carbonyl (C=O) groups excluding carboxylic acids is 2. The monoisotopic (exact) mass is 279 g/mol. The van der Waals surface area contributed by atoms with Crippen molar-refractivity contribution >= 4 is 23.5 Å². The molecule has 5 nitrogen and oxygen atoms in total. The van der Waals surface area contributed by atoms with Crippen molar-refractivity contribution in [1.82, 2.24) is 15.5 Å². The standard InChI is InChI=1S/C13H14ClN3O2/c14-10-3-1-9(2-4-10)7-17-11(18)13(16-12(17)19)5-6-15-8-13/h1-4,15H,5-8H2,(H,16,19)/t13-/m0/s1. The molecule has 1 aromatic carbocycles. The van der Waals surface area contributed by atoms with Gasteiger partial charge in [-0.2, -0.15) is 0 Å². The van der Waals surface area contributed by atoms with Gasteiger partial charge in [-0.3, -0.25) is 9.69 Å². The first-order chi connectivity index (χ1) is 9.11. The molecule has 2 fully saturated rings. The molecule has 2 saturated heterocycles. The highest BCUT2D eigenvalue weighted by atomic mass is 35.5. The van der Waals surface area contributed by atoms with Crippen LogP contribution in [0.15, 0.2) is 24.3 Å². The molecule has 0 radical (unpaired) electrons. The summed E-state index contributed by atoms with van der Waals surface area (Å²) in [6.07, 6.45) is 0.648. The minimum Gasteiger partial charge on any atom is -0.322 e. The highest BCUT2D eigenvalue weighted by Crippen LogP contribution is 2.25. The average Bonchev–Trinajstić information content (AvgIpc) is 2.94. The lowest BCUT2D eigenvalue weighted by Gasteiger charge is -2.19. The topological polar surface area (TPSA) is 61.4 Å². The summed E-state index contributed by atoms with van der Waals surface area (Å²) < 4.78 is 0. The minimum absolute atomic E-state index is 0.141. The first kappa shape index (κ1) is 12.4. The third-order valence-electron chi connectivity index (χ3n) is 3.66. The van der Waals surface area contributed by atoms with Gasteiger partial charge in [0.25, 0.3) is 5.91 Å². The zero-order valence-electron chi connectivity index (χ0n) is 10.3. The van der Waals surface area contributed by atoms with Crippen molar-refractivity contribution in [2.24, 2.45) is 0 Å². The first-order valence-corrected chi connectivity index (χ1v) is 6.58. The Kier molecular flexibility index (Phi) is 2.95. The molecule has 0 saturated carbocycles. The largest absolute Gasteiger partial charge is 0.325 e. The Morgan fingerprint density at radius 3 is 2.63 bits per heavy atom. The van der Waals surface area contributed by atoms with Crippen molar-refractivity contribution < 1.29 is 9.59 Å². The second-order valence-corrected chi connectivity index (χ2v) is 5.39. The van der Waals surface area contributed by atoms with E-state index in [1.54, 1.807) is 12.1 Å². The summed E-state index contributed by atoms with van der Waals surface area (Å²) in [7, 11) is 0. The summed E-state index contributed by atoms with van der Waals surface area (Å²) in [5.74, 6) is -0.141. The van der Waals surface area contributed by atoms with E-state index in [9.17, 15) is 9.59 Å². The van der Waals surface area contributed by atoms with Gasteiger partial charge in [0.15, 0.2) is 0 Å². The fraction of sp³-hybridized carbons (Fsp3) is 0.385. The van der Waals surface area contributed by atoms with Gasteiger partial charge in [0.1, 0.15) is 5.54 Å². The van der Waals surface area contributed by atoms with Gasteiger partial charge < -0.3 is 10.6 Å². The van der Waals surface area contributed by atoms with Crippen molar-refractivity contribution in [3.8, 4) is 0 Å². The minimum atomic E-state index is -0.733. The Morgan fingerprint density at radius 1 is 1.26 bits per heavy atom. The molecular weight excluding hydrogens is 266 g/mol. The number of carbonyl (C=O) groups is 2. The van der Waals surface area contributed by atoms with Gasteiger partial charge in [-0.25, -0.2) is 4.79 Å². The molecule has 0 unspecified atom stereocenters. The molecule has 0 aromatic heterocycles. The first-order valence-electron chi connectivity index (χ1n) is 6.20. The molecule has 0 bridgehead atoms. The van der Waals surface area contributed by atoms with Crippen molar-refractivity contribution in [3.63, 3.8) is 0 Å². The van der Waals surface area contributed by atoms with Crippen molar-refractivity contribution in [2.45, 2.75) is 18.5 Å². The maximum Gasteiger partial charge on any atom is 0.325 e. The maximum atomic E-state index is 12.4. The van der Waals surface area contributed by atoms with E-state index in [1.807, 2.05) is 12.1 Å². The summed E-state index contributed by atoms with van der Waals surface area (Å²) in [5.41, 5.74) is 0.152. The van der Waals surface area contributed by atoms with Gasteiger partial charge in [0, 0.05) is 11.6 Å². The van der Waals surface area contributed by atoms with E-state index in [0.717, 1.165) is 12.1 Å². The molecular formula is C13H14ClN3O2. The molecule has 3 rings (SSSR count). The van der Waals surface area contributed by atoms with Crippen molar-refractivity contribution in [2.75, 3.05) is 13.1 Å². The Bertz CT molecular complexity index is 523. The van der Waals surface area contributed by atoms with Gasteiger partial charge in [-0.05, 0) is 30.7 Å². The Labute approximate surface area is 115 Å². The van der Waals surface area contributed by atoms with Crippen LogP contribution in [-0.2, 0) is 11.3 Å². The SMILES string of the molecule is O=C1N[C@]2(CCNC2)C(=O)N1Cc1ccc(Cl)cc1. The molecule has 3 amide bonds. The second kappa shape index (κ2) is 4.51. The fourth-order valence-electron chi connectivity index (χ4n) is 2.57. The molecule has 1 aromatic rings. The number of hydrogen-bond acceptors (Lipinski definition) is 3. The van der Waals surface area contributed by atoms with Crippen LogP contribution in [0.3, 0.4) is 0 Å². The van der Waals surface area contributed by atoms with E-state index in [2.05, 4.69) is 10.6 Å². The lowest BCUT2D eigenvalue weighted by molar-refractivity contribution is -0.131. The summed E-state index contributed by atoms with van der Waals surface area (Å²) in [6, 6.07) is 6.83. The number of hydrogen-bond donors (Lipinski definition) is 2. The summed E-state index contributed by atoms with van der Waals surface area (Å²) in [6.45, 7) is 1.54. The number of amides is 3. The van der Waals surface area contributed by atoms with E-state index >= 15 is 0 Å². The number of nitrogens with zero attached hydrogens (tertiary/aromatic N) is 1. The predicted molar refractivity (Wildman–Crippen MR) is 70.8 cm³/mol. The van der Waals surface area contributed by atoms with Crippen LogP contribution in [0, 0.1) is 0 Å². The average molecular weight is 280 g/mol.